The Balaban J connectivity index is 1.92. The summed E-state index contributed by atoms with van der Waals surface area (Å²) in [5.74, 6) is -0.931. The number of esters is 1. The first-order chi connectivity index (χ1) is 13.8. The first-order valence-corrected chi connectivity index (χ1v) is 9.28. The average Bonchev–Trinajstić information content (AvgIpc) is 2.69. The average molecular weight is 399 g/mol. The molecule has 0 unspecified atom stereocenters. The van der Waals surface area contributed by atoms with Crippen LogP contribution in [0.5, 0.6) is 0 Å². The van der Waals surface area contributed by atoms with E-state index in [4.69, 9.17) is 4.74 Å². The third kappa shape index (κ3) is 6.60. The Morgan fingerprint density at radius 3 is 2.45 bits per heavy atom. The predicted octanol–water partition coefficient (Wildman–Crippen LogP) is 1.82. The Labute approximate surface area is 169 Å². The molecule has 0 spiro atoms. The van der Waals surface area contributed by atoms with E-state index in [1.807, 2.05) is 6.92 Å². The van der Waals surface area contributed by atoms with Crippen molar-refractivity contribution >= 4 is 23.5 Å². The Kier molecular flexibility index (Phi) is 7.70. The van der Waals surface area contributed by atoms with Crippen LogP contribution in [0.4, 0.5) is 5.69 Å². The lowest BCUT2D eigenvalue weighted by atomic mass is 10.2. The molecule has 0 aliphatic carbocycles. The second-order valence-corrected chi connectivity index (χ2v) is 6.58. The maximum absolute atomic E-state index is 12.4. The number of ether oxygens (including phenoxy) is 1. The molecule has 0 radical (unpaired) electrons. The molecule has 0 atom stereocenters. The molecule has 2 aromatic rings. The lowest BCUT2D eigenvalue weighted by molar-refractivity contribution is -0.143. The smallest absolute Gasteiger partial charge is 0.307 e. The molecule has 29 heavy (non-hydrogen) atoms. The third-order valence-electron chi connectivity index (χ3n) is 4.16. The van der Waals surface area contributed by atoms with Gasteiger partial charge in [0.1, 0.15) is 6.54 Å². The van der Waals surface area contributed by atoms with Crippen LogP contribution in [0.15, 0.2) is 47.4 Å². The van der Waals surface area contributed by atoms with Gasteiger partial charge in [-0.2, -0.15) is 0 Å². The summed E-state index contributed by atoms with van der Waals surface area (Å²) < 4.78 is 6.18. The number of aryl methyl sites for hydroxylation is 1. The number of nitrogens with one attached hydrogen (secondary N) is 1. The quantitative estimate of drug-likeness (QED) is 0.683. The number of aromatic nitrogens is 1. The highest BCUT2D eigenvalue weighted by Crippen LogP contribution is 2.12. The van der Waals surface area contributed by atoms with Gasteiger partial charge >= 0.3 is 5.97 Å². The van der Waals surface area contributed by atoms with Crippen molar-refractivity contribution in [1.82, 2.24) is 9.47 Å². The van der Waals surface area contributed by atoms with Crippen molar-refractivity contribution in [1.29, 1.82) is 0 Å². The Bertz CT molecular complexity index is 934. The van der Waals surface area contributed by atoms with Crippen LogP contribution >= 0.6 is 0 Å². The second-order valence-electron chi connectivity index (χ2n) is 6.58. The topological polar surface area (TPSA) is 97.7 Å². The van der Waals surface area contributed by atoms with Gasteiger partial charge in [-0.15, -0.1) is 0 Å². The van der Waals surface area contributed by atoms with Crippen LogP contribution in [-0.2, 0) is 20.9 Å². The molecule has 1 aromatic heterocycles. The molecule has 2 rings (SSSR count). The van der Waals surface area contributed by atoms with Crippen LogP contribution in [0, 0.1) is 6.92 Å². The number of hydrogen-bond donors (Lipinski definition) is 1. The van der Waals surface area contributed by atoms with Crippen LogP contribution < -0.4 is 10.9 Å². The summed E-state index contributed by atoms with van der Waals surface area (Å²) >= 11 is 0. The van der Waals surface area contributed by atoms with E-state index < -0.39 is 0 Å². The molecule has 0 aliphatic rings. The predicted molar refractivity (Wildman–Crippen MR) is 109 cm³/mol. The fourth-order valence-corrected chi connectivity index (χ4v) is 2.64. The van der Waals surface area contributed by atoms with Gasteiger partial charge in [0.15, 0.2) is 0 Å². The molecule has 0 fully saturated rings. The molecule has 8 nitrogen and oxygen atoms in total. The summed E-state index contributed by atoms with van der Waals surface area (Å²) in [4.78, 5) is 49.2. The largest absolute Gasteiger partial charge is 0.466 e. The van der Waals surface area contributed by atoms with Gasteiger partial charge in [-0.3, -0.25) is 19.2 Å². The number of nitrogens with zero attached hydrogens (tertiary/aromatic N) is 2. The van der Waals surface area contributed by atoms with Crippen molar-refractivity contribution in [2.45, 2.75) is 26.8 Å². The van der Waals surface area contributed by atoms with Crippen molar-refractivity contribution < 1.29 is 19.1 Å². The number of hydrogen-bond acceptors (Lipinski definition) is 5. The third-order valence-corrected chi connectivity index (χ3v) is 4.16. The van der Waals surface area contributed by atoms with E-state index in [2.05, 4.69) is 5.32 Å². The molecule has 2 amide bonds. The highest BCUT2D eigenvalue weighted by atomic mass is 16.5. The van der Waals surface area contributed by atoms with Crippen molar-refractivity contribution in [3.63, 3.8) is 0 Å². The van der Waals surface area contributed by atoms with Crippen LogP contribution in [0.2, 0.25) is 0 Å². The van der Waals surface area contributed by atoms with Crippen LogP contribution in [0.25, 0.3) is 0 Å². The van der Waals surface area contributed by atoms with E-state index in [-0.39, 0.29) is 42.9 Å². The van der Waals surface area contributed by atoms with Crippen LogP contribution in [0.3, 0.4) is 0 Å². The number of benzene rings is 1. The molecule has 0 saturated carbocycles. The minimum absolute atomic E-state index is 0.0994. The van der Waals surface area contributed by atoms with E-state index >= 15 is 0 Å². The van der Waals surface area contributed by atoms with Crippen molar-refractivity contribution in [3.05, 3.63) is 64.1 Å². The molecule has 0 bridgehead atoms. The normalized spacial score (nSPS) is 10.3. The number of carbonyl (C=O) groups excluding carboxylic acids is 3. The van der Waals surface area contributed by atoms with Crippen molar-refractivity contribution in [2.75, 3.05) is 25.5 Å². The second kappa shape index (κ2) is 10.2. The molecule has 0 saturated heterocycles. The highest BCUT2D eigenvalue weighted by Gasteiger charge is 2.14. The molecule has 154 valence electrons. The minimum Gasteiger partial charge on any atom is -0.466 e. The zero-order valence-electron chi connectivity index (χ0n) is 16.8. The Morgan fingerprint density at radius 1 is 1.10 bits per heavy atom. The lowest BCUT2D eigenvalue weighted by Gasteiger charge is -2.17. The summed E-state index contributed by atoms with van der Waals surface area (Å²) in [5, 5.41) is 2.70. The van der Waals surface area contributed by atoms with Gasteiger partial charge in [-0.05, 0) is 43.7 Å². The van der Waals surface area contributed by atoms with Crippen LogP contribution in [0.1, 0.15) is 29.3 Å². The number of amides is 2. The van der Waals surface area contributed by atoms with Gasteiger partial charge in [0.05, 0.1) is 13.0 Å². The maximum atomic E-state index is 12.4. The minimum atomic E-state index is -0.349. The number of pyridine rings is 1. The standard InChI is InChI=1S/C21H25N3O5/c1-4-29-20(27)11-12-23(3)21(28)16-6-8-17(9-7-16)22-18(25)14-24-13-15(2)5-10-19(24)26/h5-10,13H,4,11-12,14H2,1-3H3,(H,22,25). The number of carbonyl (C=O) groups is 3. The fourth-order valence-electron chi connectivity index (χ4n) is 2.64. The molecule has 1 N–H and O–H groups in total. The summed E-state index contributed by atoms with van der Waals surface area (Å²) in [6.45, 7) is 4.03. The van der Waals surface area contributed by atoms with Crippen molar-refractivity contribution in [3.8, 4) is 0 Å². The van der Waals surface area contributed by atoms with Gasteiger partial charge in [0.2, 0.25) is 5.91 Å². The highest BCUT2D eigenvalue weighted by molar-refractivity contribution is 5.95. The molecular weight excluding hydrogens is 374 g/mol. The number of anilines is 1. The summed E-state index contributed by atoms with van der Waals surface area (Å²) in [7, 11) is 1.61. The van der Waals surface area contributed by atoms with Gasteiger partial charge < -0.3 is 19.5 Å². The fraction of sp³-hybridized carbons (Fsp3) is 0.333. The summed E-state index contributed by atoms with van der Waals surface area (Å²) in [6, 6.07) is 9.53. The molecule has 0 aliphatic heterocycles. The van der Waals surface area contributed by atoms with Gasteiger partial charge in [0.25, 0.3) is 11.5 Å². The Morgan fingerprint density at radius 2 is 1.79 bits per heavy atom. The monoisotopic (exact) mass is 399 g/mol. The molecule has 1 heterocycles. The van der Waals surface area contributed by atoms with Gasteiger partial charge in [-0.25, -0.2) is 0 Å². The van der Waals surface area contributed by atoms with E-state index in [1.165, 1.54) is 15.5 Å². The summed E-state index contributed by atoms with van der Waals surface area (Å²) in [5.41, 5.74) is 1.58. The van der Waals surface area contributed by atoms with E-state index in [0.29, 0.717) is 17.9 Å². The maximum Gasteiger partial charge on any atom is 0.307 e. The van der Waals surface area contributed by atoms with E-state index in [0.717, 1.165) is 5.56 Å². The summed E-state index contributed by atoms with van der Waals surface area (Å²) in [6.07, 6.45) is 1.75. The lowest BCUT2D eigenvalue weighted by Crippen LogP contribution is -2.29. The number of rotatable bonds is 8. The molecule has 1 aromatic carbocycles. The van der Waals surface area contributed by atoms with Crippen molar-refractivity contribution in [2.24, 2.45) is 0 Å². The van der Waals surface area contributed by atoms with Crippen LogP contribution in [-0.4, -0.2) is 47.4 Å². The van der Waals surface area contributed by atoms with Gasteiger partial charge in [-0.1, -0.05) is 6.07 Å². The van der Waals surface area contributed by atoms with Gasteiger partial charge in [0, 0.05) is 37.1 Å². The molecule has 8 heteroatoms. The zero-order valence-corrected chi connectivity index (χ0v) is 16.8. The zero-order chi connectivity index (χ0) is 21.4. The van der Waals surface area contributed by atoms with E-state index in [9.17, 15) is 19.2 Å². The Hall–Kier alpha value is -3.42. The molecular formula is C21H25N3O5. The SMILES string of the molecule is CCOC(=O)CCN(C)C(=O)c1ccc(NC(=O)Cn2cc(C)ccc2=O)cc1. The first-order valence-electron chi connectivity index (χ1n) is 9.28. The van der Waals surface area contributed by atoms with E-state index in [1.54, 1.807) is 50.5 Å². The first kappa shape index (κ1) is 21.9.